The van der Waals surface area contributed by atoms with Crippen LogP contribution in [-0.4, -0.2) is 24.4 Å². The van der Waals surface area contributed by atoms with Crippen LogP contribution in [0.1, 0.15) is 6.92 Å². The molecular formula is C29H28O4P2. The van der Waals surface area contributed by atoms with Crippen LogP contribution in [0, 0.1) is 0 Å². The Morgan fingerprint density at radius 1 is 0.629 bits per heavy atom. The molecule has 0 unspecified atom stereocenters. The summed E-state index contributed by atoms with van der Waals surface area (Å²) in [4.78, 5) is 13.6. The van der Waals surface area contributed by atoms with Crippen LogP contribution in [0.3, 0.4) is 0 Å². The van der Waals surface area contributed by atoms with E-state index in [1.807, 2.05) is 72.8 Å². The highest BCUT2D eigenvalue weighted by atomic mass is 31.2. The Hall–Kier alpha value is -3.19. The van der Waals surface area contributed by atoms with Crippen LogP contribution in [0.2, 0.25) is 0 Å². The lowest BCUT2D eigenvalue weighted by molar-refractivity contribution is -0.142. The van der Waals surface area contributed by atoms with Crippen LogP contribution < -0.4 is 21.2 Å². The number of rotatable bonds is 9. The van der Waals surface area contributed by atoms with E-state index in [2.05, 4.69) is 0 Å². The second-order valence-corrected chi connectivity index (χ2v) is 14.0. The summed E-state index contributed by atoms with van der Waals surface area (Å²) in [6.45, 7) is 1.86. The van der Waals surface area contributed by atoms with E-state index in [1.54, 1.807) is 55.5 Å². The van der Waals surface area contributed by atoms with E-state index in [9.17, 15) is 9.36 Å². The van der Waals surface area contributed by atoms with Crippen LogP contribution in [0.15, 0.2) is 121 Å². The molecule has 0 aliphatic heterocycles. The summed E-state index contributed by atoms with van der Waals surface area (Å²) in [5.74, 6) is -0.601. The van der Waals surface area contributed by atoms with Gasteiger partial charge in [-0.1, -0.05) is 121 Å². The van der Waals surface area contributed by atoms with Crippen molar-refractivity contribution in [2.75, 3.05) is 12.8 Å². The molecule has 6 heteroatoms. The number of esters is 1. The Labute approximate surface area is 206 Å². The predicted octanol–water partition coefficient (Wildman–Crippen LogP) is 4.95. The van der Waals surface area contributed by atoms with Gasteiger partial charge in [0.05, 0.1) is 6.61 Å². The Balaban J connectivity index is 1.96. The first-order chi connectivity index (χ1) is 17.0. The zero-order valence-electron chi connectivity index (χ0n) is 19.6. The molecule has 4 aromatic rings. The molecule has 0 amide bonds. The molecule has 0 saturated heterocycles. The molecule has 0 N–H and O–H groups in total. The minimum Gasteiger partial charge on any atom is -0.465 e. The first-order valence-electron chi connectivity index (χ1n) is 11.6. The Kier molecular flexibility index (Phi) is 7.86. The molecule has 0 heterocycles. The summed E-state index contributed by atoms with van der Waals surface area (Å²) in [5.41, 5.74) is -1.13. The molecule has 0 bridgehead atoms. The van der Waals surface area contributed by atoms with Crippen LogP contribution in [0.5, 0.6) is 0 Å². The molecule has 0 radical (unpaired) electrons. The van der Waals surface area contributed by atoms with Crippen LogP contribution in [0.25, 0.3) is 0 Å². The van der Waals surface area contributed by atoms with E-state index in [4.69, 9.17) is 4.74 Å². The SMILES string of the molecule is CCOC(=O)[C@H](CP(=O)(c1ccccc1)c1ccccc1)P(=O)(c1ccccc1)c1ccccc1. The van der Waals surface area contributed by atoms with Crippen molar-refractivity contribution in [2.45, 2.75) is 12.6 Å². The zero-order chi connectivity index (χ0) is 24.7. The number of carbonyl (C=O) groups is 1. The number of ether oxygens (including phenoxy) is 1. The van der Waals surface area contributed by atoms with Gasteiger partial charge in [0.1, 0.15) is 12.8 Å². The maximum atomic E-state index is 15.2. The average Bonchev–Trinajstić information content (AvgIpc) is 2.93. The molecule has 178 valence electrons. The predicted molar refractivity (Wildman–Crippen MR) is 145 cm³/mol. The lowest BCUT2D eigenvalue weighted by Gasteiger charge is -2.30. The lowest BCUT2D eigenvalue weighted by atomic mass is 10.4. The number of hydrogen-bond donors (Lipinski definition) is 0. The van der Waals surface area contributed by atoms with Crippen LogP contribution >= 0.6 is 14.3 Å². The molecule has 0 spiro atoms. The highest BCUT2D eigenvalue weighted by molar-refractivity contribution is 7.83. The van der Waals surface area contributed by atoms with E-state index < -0.39 is 25.9 Å². The molecule has 4 nitrogen and oxygen atoms in total. The second kappa shape index (κ2) is 11.0. The molecule has 0 aromatic heterocycles. The fraction of sp³-hybridized carbons (Fsp3) is 0.138. The van der Waals surface area contributed by atoms with Gasteiger partial charge < -0.3 is 13.9 Å². The van der Waals surface area contributed by atoms with Crippen molar-refractivity contribution in [3.63, 3.8) is 0 Å². The Bertz CT molecular complexity index is 1250. The molecule has 0 aliphatic rings. The van der Waals surface area contributed by atoms with Crippen molar-refractivity contribution in [3.8, 4) is 0 Å². The van der Waals surface area contributed by atoms with Crippen molar-refractivity contribution in [3.05, 3.63) is 121 Å². The van der Waals surface area contributed by atoms with Gasteiger partial charge in [-0.2, -0.15) is 0 Å². The Morgan fingerprint density at radius 3 is 1.31 bits per heavy atom. The van der Waals surface area contributed by atoms with Gasteiger partial charge in [0.2, 0.25) is 0 Å². The lowest BCUT2D eigenvalue weighted by Crippen LogP contribution is -2.38. The quantitative estimate of drug-likeness (QED) is 0.240. The van der Waals surface area contributed by atoms with Gasteiger partial charge in [-0.25, -0.2) is 0 Å². The zero-order valence-corrected chi connectivity index (χ0v) is 21.4. The number of carbonyl (C=O) groups excluding carboxylic acids is 1. The summed E-state index contributed by atoms with van der Waals surface area (Å²) in [7, 11) is -6.97. The third-order valence-electron chi connectivity index (χ3n) is 6.05. The van der Waals surface area contributed by atoms with Gasteiger partial charge in [0.25, 0.3) is 0 Å². The third kappa shape index (κ3) is 5.10. The van der Waals surface area contributed by atoms with Gasteiger partial charge in [-0.3, -0.25) is 4.79 Å². The second-order valence-electron chi connectivity index (χ2n) is 8.19. The minimum absolute atomic E-state index is 0.110. The molecule has 4 rings (SSSR count). The van der Waals surface area contributed by atoms with E-state index in [1.165, 1.54) is 0 Å². The van der Waals surface area contributed by atoms with E-state index in [0.717, 1.165) is 0 Å². The minimum atomic E-state index is -3.60. The number of hydrogen-bond acceptors (Lipinski definition) is 4. The van der Waals surface area contributed by atoms with Crippen molar-refractivity contribution >= 4 is 41.5 Å². The van der Waals surface area contributed by atoms with E-state index in [-0.39, 0.29) is 12.8 Å². The van der Waals surface area contributed by atoms with Gasteiger partial charge in [-0.15, -0.1) is 0 Å². The largest absolute Gasteiger partial charge is 0.465 e. The highest BCUT2D eigenvalue weighted by Gasteiger charge is 2.47. The van der Waals surface area contributed by atoms with E-state index >= 15 is 4.57 Å². The first-order valence-corrected chi connectivity index (χ1v) is 15.2. The molecule has 35 heavy (non-hydrogen) atoms. The molecule has 0 aliphatic carbocycles. The van der Waals surface area contributed by atoms with Crippen molar-refractivity contribution in [1.29, 1.82) is 0 Å². The summed E-state index contributed by atoms with van der Waals surface area (Å²) >= 11 is 0. The summed E-state index contributed by atoms with van der Waals surface area (Å²) < 4.78 is 35.5. The molecular weight excluding hydrogens is 474 g/mol. The van der Waals surface area contributed by atoms with E-state index in [0.29, 0.717) is 21.2 Å². The molecule has 0 saturated carbocycles. The smallest absolute Gasteiger partial charge is 0.317 e. The van der Waals surface area contributed by atoms with Gasteiger partial charge >= 0.3 is 5.97 Å². The average molecular weight is 502 g/mol. The summed E-state index contributed by atoms with van der Waals surface area (Å²) in [6, 6.07) is 36.3. The van der Waals surface area contributed by atoms with Crippen molar-refractivity contribution in [2.24, 2.45) is 0 Å². The van der Waals surface area contributed by atoms with Crippen molar-refractivity contribution < 1.29 is 18.7 Å². The van der Waals surface area contributed by atoms with Crippen molar-refractivity contribution in [1.82, 2.24) is 0 Å². The normalized spacial score (nSPS) is 12.6. The van der Waals surface area contributed by atoms with Crippen LogP contribution in [-0.2, 0) is 18.7 Å². The summed E-state index contributed by atoms with van der Waals surface area (Å²) in [6.07, 6.45) is -0.110. The monoisotopic (exact) mass is 502 g/mol. The maximum Gasteiger partial charge on any atom is 0.317 e. The standard InChI is InChI=1S/C29H28O4P2/c1-2-33-29(30)28(35(32,26-19-11-5-12-20-26)27-21-13-6-14-22-27)23-34(31,24-15-7-3-8-16-24)25-17-9-4-10-18-25/h3-22,28H,2,23H2,1H3/t28-/m0/s1. The van der Waals surface area contributed by atoms with Gasteiger partial charge in [0, 0.05) is 27.4 Å². The first kappa shape index (κ1) is 24.9. The highest BCUT2D eigenvalue weighted by Crippen LogP contribution is 2.56. The molecule has 4 aromatic carbocycles. The molecule has 0 fully saturated rings. The Morgan fingerprint density at radius 2 is 0.971 bits per heavy atom. The fourth-order valence-corrected chi connectivity index (χ4v) is 11.2. The summed E-state index contributed by atoms with van der Waals surface area (Å²) in [5, 5.41) is 2.31. The maximum absolute atomic E-state index is 15.2. The fourth-order valence-electron chi connectivity index (χ4n) is 4.33. The third-order valence-corrected chi connectivity index (χ3v) is 12.9. The van der Waals surface area contributed by atoms with Crippen LogP contribution in [0.4, 0.5) is 0 Å². The number of benzene rings is 4. The van der Waals surface area contributed by atoms with Gasteiger partial charge in [0.15, 0.2) is 7.14 Å². The molecule has 1 atom stereocenters. The topological polar surface area (TPSA) is 60.4 Å². The van der Waals surface area contributed by atoms with Gasteiger partial charge in [-0.05, 0) is 6.92 Å².